The van der Waals surface area contributed by atoms with Crippen LogP contribution in [-0.4, -0.2) is 27.1 Å². The molecule has 0 saturated heterocycles. The SMILES string of the molecule is O=C(O)C(Cc1ccc(O)cc1)N(Cc1ccccc1)Cc1ccccc1. The summed E-state index contributed by atoms with van der Waals surface area (Å²) < 4.78 is 0. The van der Waals surface area contributed by atoms with Crippen LogP contribution in [-0.2, 0) is 24.3 Å². The number of aliphatic carboxylic acids is 1. The molecule has 0 aliphatic heterocycles. The van der Waals surface area contributed by atoms with Gasteiger partial charge in [-0.2, -0.15) is 0 Å². The van der Waals surface area contributed by atoms with E-state index in [1.807, 2.05) is 65.6 Å². The molecule has 0 saturated carbocycles. The van der Waals surface area contributed by atoms with Gasteiger partial charge in [0.05, 0.1) is 0 Å². The molecule has 0 aromatic heterocycles. The van der Waals surface area contributed by atoms with E-state index in [1.54, 1.807) is 24.3 Å². The normalized spacial score (nSPS) is 12.0. The van der Waals surface area contributed by atoms with Crippen molar-refractivity contribution >= 4 is 5.97 Å². The number of phenols is 1. The van der Waals surface area contributed by atoms with Crippen LogP contribution in [0.4, 0.5) is 0 Å². The first-order valence-corrected chi connectivity index (χ1v) is 8.94. The van der Waals surface area contributed by atoms with E-state index in [0.717, 1.165) is 16.7 Å². The summed E-state index contributed by atoms with van der Waals surface area (Å²) in [5, 5.41) is 19.4. The van der Waals surface area contributed by atoms with Gasteiger partial charge in [0, 0.05) is 13.1 Å². The number of carboxylic acid groups (broad SMARTS) is 1. The Labute approximate surface area is 159 Å². The van der Waals surface area contributed by atoms with E-state index in [0.29, 0.717) is 19.5 Å². The third-order valence-corrected chi connectivity index (χ3v) is 4.55. The summed E-state index contributed by atoms with van der Waals surface area (Å²) in [6.45, 7) is 1.09. The minimum Gasteiger partial charge on any atom is -0.508 e. The van der Waals surface area contributed by atoms with Crippen LogP contribution < -0.4 is 0 Å². The first kappa shape index (κ1) is 18.7. The van der Waals surface area contributed by atoms with Crippen molar-refractivity contribution in [1.29, 1.82) is 0 Å². The van der Waals surface area contributed by atoms with Crippen LogP contribution in [0.1, 0.15) is 16.7 Å². The van der Waals surface area contributed by atoms with Gasteiger partial charge in [0.25, 0.3) is 0 Å². The fourth-order valence-corrected chi connectivity index (χ4v) is 3.14. The van der Waals surface area contributed by atoms with Gasteiger partial charge in [-0.05, 0) is 35.2 Å². The van der Waals surface area contributed by atoms with Gasteiger partial charge in [0.2, 0.25) is 0 Å². The van der Waals surface area contributed by atoms with Crippen molar-refractivity contribution in [1.82, 2.24) is 4.90 Å². The molecule has 4 heteroatoms. The molecule has 2 N–H and O–H groups in total. The Morgan fingerprint density at radius 1 is 0.741 bits per heavy atom. The second kappa shape index (κ2) is 9.01. The smallest absolute Gasteiger partial charge is 0.321 e. The molecule has 0 aliphatic rings. The number of benzene rings is 3. The monoisotopic (exact) mass is 361 g/mol. The zero-order valence-corrected chi connectivity index (χ0v) is 15.0. The van der Waals surface area contributed by atoms with Crippen molar-refractivity contribution in [3.05, 3.63) is 102 Å². The molecule has 0 bridgehead atoms. The molecular formula is C23H23NO3. The van der Waals surface area contributed by atoms with Crippen LogP contribution in [0.25, 0.3) is 0 Å². The number of nitrogens with zero attached hydrogens (tertiary/aromatic N) is 1. The van der Waals surface area contributed by atoms with E-state index in [-0.39, 0.29) is 5.75 Å². The van der Waals surface area contributed by atoms with Gasteiger partial charge in [0.1, 0.15) is 11.8 Å². The number of carbonyl (C=O) groups is 1. The Bertz CT molecular complexity index is 806. The Kier molecular flexibility index (Phi) is 6.23. The van der Waals surface area contributed by atoms with Gasteiger partial charge >= 0.3 is 5.97 Å². The van der Waals surface area contributed by atoms with E-state index in [9.17, 15) is 15.0 Å². The lowest BCUT2D eigenvalue weighted by atomic mass is 10.0. The van der Waals surface area contributed by atoms with E-state index >= 15 is 0 Å². The molecular weight excluding hydrogens is 338 g/mol. The second-order valence-electron chi connectivity index (χ2n) is 6.60. The van der Waals surface area contributed by atoms with Gasteiger partial charge in [0.15, 0.2) is 0 Å². The van der Waals surface area contributed by atoms with Gasteiger partial charge in [-0.3, -0.25) is 9.69 Å². The summed E-state index contributed by atoms with van der Waals surface area (Å²) in [7, 11) is 0. The lowest BCUT2D eigenvalue weighted by Crippen LogP contribution is -2.42. The van der Waals surface area contributed by atoms with Crippen LogP contribution in [0.2, 0.25) is 0 Å². The van der Waals surface area contributed by atoms with Crippen LogP contribution >= 0.6 is 0 Å². The molecule has 0 spiro atoms. The molecule has 0 fully saturated rings. The zero-order valence-electron chi connectivity index (χ0n) is 15.0. The fraction of sp³-hybridized carbons (Fsp3) is 0.174. The summed E-state index contributed by atoms with van der Waals surface area (Å²) in [5.74, 6) is -0.675. The first-order chi connectivity index (χ1) is 13.1. The second-order valence-corrected chi connectivity index (χ2v) is 6.60. The summed E-state index contributed by atoms with van der Waals surface area (Å²) in [4.78, 5) is 14.1. The Balaban J connectivity index is 1.86. The Morgan fingerprint density at radius 2 is 1.22 bits per heavy atom. The van der Waals surface area contributed by atoms with E-state index < -0.39 is 12.0 Å². The van der Waals surface area contributed by atoms with Crippen LogP contribution in [0.15, 0.2) is 84.9 Å². The number of phenolic OH excluding ortho intramolecular Hbond substituents is 1. The molecule has 3 rings (SSSR count). The number of aromatic hydroxyl groups is 1. The largest absolute Gasteiger partial charge is 0.508 e. The third kappa shape index (κ3) is 5.43. The molecule has 1 unspecified atom stereocenters. The number of hydrogen-bond donors (Lipinski definition) is 2. The number of carboxylic acids is 1. The summed E-state index contributed by atoms with van der Waals surface area (Å²) >= 11 is 0. The van der Waals surface area contributed by atoms with Crippen LogP contribution in [0, 0.1) is 0 Å². The minimum absolute atomic E-state index is 0.177. The van der Waals surface area contributed by atoms with Crippen molar-refractivity contribution in [2.24, 2.45) is 0 Å². The van der Waals surface area contributed by atoms with Crippen LogP contribution in [0.5, 0.6) is 5.75 Å². The first-order valence-electron chi connectivity index (χ1n) is 8.94. The van der Waals surface area contributed by atoms with Gasteiger partial charge < -0.3 is 10.2 Å². The van der Waals surface area contributed by atoms with Gasteiger partial charge in [-0.25, -0.2) is 0 Å². The lowest BCUT2D eigenvalue weighted by Gasteiger charge is -2.29. The van der Waals surface area contributed by atoms with Gasteiger partial charge in [-0.15, -0.1) is 0 Å². The quantitative estimate of drug-likeness (QED) is 0.634. The standard InChI is InChI=1S/C23H23NO3/c25-21-13-11-18(12-14-21)15-22(23(26)27)24(16-19-7-3-1-4-8-19)17-20-9-5-2-6-10-20/h1-14,22,25H,15-17H2,(H,26,27). The number of hydrogen-bond acceptors (Lipinski definition) is 3. The molecule has 3 aromatic carbocycles. The van der Waals surface area contributed by atoms with E-state index in [1.165, 1.54) is 0 Å². The molecule has 0 aliphatic carbocycles. The highest BCUT2D eigenvalue weighted by molar-refractivity contribution is 5.74. The molecule has 0 amide bonds. The maximum absolute atomic E-state index is 12.1. The molecule has 0 radical (unpaired) electrons. The highest BCUT2D eigenvalue weighted by Crippen LogP contribution is 2.19. The average molecular weight is 361 g/mol. The highest BCUT2D eigenvalue weighted by Gasteiger charge is 2.26. The predicted molar refractivity (Wildman–Crippen MR) is 105 cm³/mol. The summed E-state index contributed by atoms with van der Waals surface area (Å²) in [5.41, 5.74) is 3.03. The molecule has 3 aromatic rings. The Morgan fingerprint density at radius 3 is 1.67 bits per heavy atom. The maximum atomic E-state index is 12.1. The molecule has 4 nitrogen and oxygen atoms in total. The van der Waals surface area contributed by atoms with Crippen molar-refractivity contribution in [2.75, 3.05) is 0 Å². The Hall–Kier alpha value is -3.11. The average Bonchev–Trinajstić information content (AvgIpc) is 2.68. The van der Waals surface area contributed by atoms with Crippen molar-refractivity contribution in [3.8, 4) is 5.75 Å². The molecule has 138 valence electrons. The van der Waals surface area contributed by atoms with Crippen molar-refractivity contribution in [3.63, 3.8) is 0 Å². The van der Waals surface area contributed by atoms with Crippen LogP contribution in [0.3, 0.4) is 0 Å². The zero-order chi connectivity index (χ0) is 19.1. The molecule has 27 heavy (non-hydrogen) atoms. The van der Waals surface area contributed by atoms with E-state index in [2.05, 4.69) is 0 Å². The predicted octanol–water partition coefficient (Wildman–Crippen LogP) is 4.09. The molecule has 1 atom stereocenters. The summed E-state index contributed by atoms with van der Waals surface area (Å²) in [6, 6.07) is 25.9. The number of rotatable bonds is 8. The maximum Gasteiger partial charge on any atom is 0.321 e. The third-order valence-electron chi connectivity index (χ3n) is 4.55. The highest BCUT2D eigenvalue weighted by atomic mass is 16.4. The van der Waals surface area contributed by atoms with E-state index in [4.69, 9.17) is 0 Å². The minimum atomic E-state index is -0.852. The lowest BCUT2D eigenvalue weighted by molar-refractivity contribution is -0.143. The van der Waals surface area contributed by atoms with Crippen molar-refractivity contribution in [2.45, 2.75) is 25.6 Å². The molecule has 0 heterocycles. The topological polar surface area (TPSA) is 60.8 Å². The van der Waals surface area contributed by atoms with Crippen molar-refractivity contribution < 1.29 is 15.0 Å². The summed E-state index contributed by atoms with van der Waals surface area (Å²) in [6.07, 6.45) is 0.370. The fourth-order valence-electron chi connectivity index (χ4n) is 3.14. The van der Waals surface area contributed by atoms with Gasteiger partial charge in [-0.1, -0.05) is 72.8 Å².